The molecule has 1 aromatic rings. The molecule has 1 heterocycles. The van der Waals surface area contributed by atoms with Crippen molar-refractivity contribution in [1.29, 1.82) is 0 Å². The predicted octanol–water partition coefficient (Wildman–Crippen LogP) is 1.21. The van der Waals surface area contributed by atoms with Crippen molar-refractivity contribution in [2.75, 3.05) is 12.9 Å². The molecule has 1 aromatic heterocycles. The first-order valence-electron chi connectivity index (χ1n) is 5.13. The minimum Gasteiger partial charge on any atom is -0.465 e. The van der Waals surface area contributed by atoms with E-state index in [0.29, 0.717) is 9.75 Å². The third-order valence-electron chi connectivity index (χ3n) is 2.13. The number of carbonyl (C=O) groups excluding carboxylic acids is 2. The van der Waals surface area contributed by atoms with Gasteiger partial charge in [0.15, 0.2) is 5.12 Å². The Bertz CT molecular complexity index is 429. The van der Waals surface area contributed by atoms with Crippen LogP contribution in [0.1, 0.15) is 27.6 Å². The summed E-state index contributed by atoms with van der Waals surface area (Å²) in [4.78, 5) is 22.8. The predicted molar refractivity (Wildman–Crippen MR) is 69.8 cm³/mol. The Labute approximate surface area is 113 Å². The maximum absolute atomic E-state index is 11.2. The van der Waals surface area contributed by atoms with Crippen molar-refractivity contribution in [2.45, 2.75) is 19.1 Å². The van der Waals surface area contributed by atoms with Crippen LogP contribution in [0.2, 0.25) is 0 Å². The zero-order valence-electron chi connectivity index (χ0n) is 9.95. The number of ether oxygens (including phenoxy) is 1. The molecule has 18 heavy (non-hydrogen) atoms. The van der Waals surface area contributed by atoms with Crippen LogP contribution < -0.4 is 0 Å². The third-order valence-corrected chi connectivity index (χ3v) is 4.18. The molecular formula is C11H14O5S2. The second-order valence-electron chi connectivity index (χ2n) is 3.51. The van der Waals surface area contributed by atoms with Gasteiger partial charge in [0.25, 0.3) is 0 Å². The van der Waals surface area contributed by atoms with Crippen LogP contribution in [0.4, 0.5) is 0 Å². The number of hydrogen-bond donors (Lipinski definition) is 2. The van der Waals surface area contributed by atoms with Gasteiger partial charge in [-0.1, -0.05) is 11.8 Å². The van der Waals surface area contributed by atoms with E-state index >= 15 is 0 Å². The summed E-state index contributed by atoms with van der Waals surface area (Å²) >= 11 is 2.00. The lowest BCUT2D eigenvalue weighted by Crippen LogP contribution is -2.20. The Morgan fingerprint density at radius 3 is 2.67 bits per heavy atom. The van der Waals surface area contributed by atoms with E-state index in [1.54, 1.807) is 6.07 Å². The van der Waals surface area contributed by atoms with Crippen LogP contribution in [0.15, 0.2) is 12.1 Å². The van der Waals surface area contributed by atoms with Crippen molar-refractivity contribution < 1.29 is 24.5 Å². The van der Waals surface area contributed by atoms with E-state index in [-0.39, 0.29) is 10.9 Å². The van der Waals surface area contributed by atoms with Crippen LogP contribution in [0, 0.1) is 0 Å². The summed E-state index contributed by atoms with van der Waals surface area (Å²) in [6.07, 6.45) is -2.16. The Morgan fingerprint density at radius 1 is 1.44 bits per heavy atom. The molecule has 0 fully saturated rings. The molecule has 0 spiro atoms. The highest BCUT2D eigenvalue weighted by atomic mass is 32.2. The number of aliphatic hydroxyl groups excluding tert-OH is 2. The molecule has 2 N–H and O–H groups in total. The molecule has 0 aliphatic heterocycles. The van der Waals surface area contributed by atoms with Gasteiger partial charge in [-0.15, -0.1) is 11.3 Å². The standard InChI is InChI=1S/C11H14O5S2/c1-6(12)17-5-7(13)10(14)8-3-4-9(18-8)11(15)16-2/h3-4,7,10,13-14H,5H2,1-2H3. The number of esters is 1. The lowest BCUT2D eigenvalue weighted by Gasteiger charge is -2.15. The number of thioether (sulfide) groups is 1. The second-order valence-corrected chi connectivity index (χ2v) is 5.82. The van der Waals surface area contributed by atoms with Crippen LogP contribution >= 0.6 is 23.1 Å². The quantitative estimate of drug-likeness (QED) is 0.793. The minimum absolute atomic E-state index is 0.113. The van der Waals surface area contributed by atoms with Crippen molar-refractivity contribution in [2.24, 2.45) is 0 Å². The molecule has 0 aliphatic rings. The summed E-state index contributed by atoms with van der Waals surface area (Å²) in [6.45, 7) is 1.39. The van der Waals surface area contributed by atoms with E-state index in [0.717, 1.165) is 23.1 Å². The van der Waals surface area contributed by atoms with Gasteiger partial charge in [-0.25, -0.2) is 4.79 Å². The average Bonchev–Trinajstić information content (AvgIpc) is 2.83. The Kier molecular flexibility index (Phi) is 5.80. The molecule has 0 aliphatic carbocycles. The summed E-state index contributed by atoms with van der Waals surface area (Å²) in [5.41, 5.74) is 0. The highest BCUT2D eigenvalue weighted by Crippen LogP contribution is 2.27. The summed E-state index contributed by atoms with van der Waals surface area (Å²) in [5.74, 6) is -0.367. The highest BCUT2D eigenvalue weighted by Gasteiger charge is 2.22. The Morgan fingerprint density at radius 2 is 2.11 bits per heavy atom. The molecule has 5 nitrogen and oxygen atoms in total. The molecule has 100 valence electrons. The molecule has 0 radical (unpaired) electrons. The van der Waals surface area contributed by atoms with Gasteiger partial charge in [0.05, 0.1) is 13.2 Å². The van der Waals surface area contributed by atoms with Gasteiger partial charge >= 0.3 is 5.97 Å². The number of hydrogen-bond acceptors (Lipinski definition) is 7. The van der Waals surface area contributed by atoms with Crippen LogP contribution in [0.25, 0.3) is 0 Å². The number of rotatable bonds is 5. The monoisotopic (exact) mass is 290 g/mol. The number of aliphatic hydroxyl groups is 2. The maximum atomic E-state index is 11.2. The number of methoxy groups -OCH3 is 1. The summed E-state index contributed by atoms with van der Waals surface area (Å²) in [6, 6.07) is 3.09. The highest BCUT2D eigenvalue weighted by molar-refractivity contribution is 8.13. The smallest absolute Gasteiger partial charge is 0.348 e. The fraction of sp³-hybridized carbons (Fsp3) is 0.455. The fourth-order valence-electron chi connectivity index (χ4n) is 1.21. The van der Waals surface area contributed by atoms with Crippen LogP contribution in [-0.4, -0.2) is 40.3 Å². The first kappa shape index (κ1) is 15.2. The molecule has 0 saturated heterocycles. The summed E-state index contributed by atoms with van der Waals surface area (Å²) in [7, 11) is 1.27. The van der Waals surface area contributed by atoms with Crippen molar-refractivity contribution in [3.63, 3.8) is 0 Å². The fourth-order valence-corrected chi connectivity index (χ4v) is 2.76. The molecule has 7 heteroatoms. The van der Waals surface area contributed by atoms with Crippen molar-refractivity contribution >= 4 is 34.2 Å². The van der Waals surface area contributed by atoms with Crippen LogP contribution in [-0.2, 0) is 9.53 Å². The van der Waals surface area contributed by atoms with Gasteiger partial charge < -0.3 is 14.9 Å². The zero-order valence-corrected chi connectivity index (χ0v) is 11.6. The normalized spacial score (nSPS) is 14.0. The molecule has 0 amide bonds. The Balaban J connectivity index is 2.65. The largest absolute Gasteiger partial charge is 0.465 e. The van der Waals surface area contributed by atoms with Crippen LogP contribution in [0.5, 0.6) is 0 Å². The number of carbonyl (C=O) groups is 2. The first-order valence-corrected chi connectivity index (χ1v) is 6.93. The van der Waals surface area contributed by atoms with E-state index in [9.17, 15) is 19.8 Å². The Hall–Kier alpha value is -0.890. The van der Waals surface area contributed by atoms with Gasteiger partial charge in [-0.2, -0.15) is 0 Å². The van der Waals surface area contributed by atoms with E-state index in [1.807, 2.05) is 0 Å². The van der Waals surface area contributed by atoms with Gasteiger partial charge in [0.2, 0.25) is 0 Å². The van der Waals surface area contributed by atoms with Crippen molar-refractivity contribution in [1.82, 2.24) is 0 Å². The second kappa shape index (κ2) is 6.89. The topological polar surface area (TPSA) is 83.8 Å². The lowest BCUT2D eigenvalue weighted by atomic mass is 10.2. The average molecular weight is 290 g/mol. The SMILES string of the molecule is COC(=O)c1ccc(C(O)C(O)CSC(C)=O)s1. The van der Waals surface area contributed by atoms with Gasteiger partial charge in [-0.3, -0.25) is 4.79 Å². The van der Waals surface area contributed by atoms with E-state index in [1.165, 1.54) is 20.1 Å². The molecule has 2 atom stereocenters. The lowest BCUT2D eigenvalue weighted by molar-refractivity contribution is -0.109. The van der Waals surface area contributed by atoms with E-state index < -0.39 is 18.2 Å². The van der Waals surface area contributed by atoms with E-state index in [4.69, 9.17) is 0 Å². The van der Waals surface area contributed by atoms with Crippen LogP contribution in [0.3, 0.4) is 0 Å². The molecule has 2 unspecified atom stereocenters. The summed E-state index contributed by atoms with van der Waals surface area (Å²) < 4.78 is 4.55. The van der Waals surface area contributed by atoms with Gasteiger partial charge in [-0.05, 0) is 12.1 Å². The maximum Gasteiger partial charge on any atom is 0.348 e. The third kappa shape index (κ3) is 4.09. The van der Waals surface area contributed by atoms with Crippen molar-refractivity contribution in [3.05, 3.63) is 21.9 Å². The molecule has 0 aromatic carbocycles. The van der Waals surface area contributed by atoms with E-state index in [2.05, 4.69) is 4.74 Å². The van der Waals surface area contributed by atoms with Crippen molar-refractivity contribution in [3.8, 4) is 0 Å². The molecule has 1 rings (SSSR count). The molecular weight excluding hydrogens is 276 g/mol. The zero-order chi connectivity index (χ0) is 13.7. The van der Waals surface area contributed by atoms with Gasteiger partial charge in [0, 0.05) is 17.6 Å². The first-order chi connectivity index (χ1) is 8.45. The molecule has 0 bridgehead atoms. The summed E-state index contributed by atoms with van der Waals surface area (Å²) in [5, 5.41) is 19.4. The minimum atomic E-state index is -1.11. The molecule has 0 saturated carbocycles. The number of thiophene rings is 1. The van der Waals surface area contributed by atoms with Gasteiger partial charge in [0.1, 0.15) is 11.0 Å².